The maximum atomic E-state index is 4.22. The van der Waals surface area contributed by atoms with Crippen LogP contribution in [0.25, 0.3) is 0 Å². The molecule has 0 aliphatic heterocycles. The SMILES string of the molecule is CN/N=C/c1cccc(C)n1. The van der Waals surface area contributed by atoms with Crippen LogP contribution in [0, 0.1) is 6.92 Å². The minimum Gasteiger partial charge on any atom is -0.313 e. The molecule has 1 N–H and O–H groups in total. The van der Waals surface area contributed by atoms with Crippen LogP contribution >= 0.6 is 0 Å². The van der Waals surface area contributed by atoms with Crippen molar-refractivity contribution in [1.82, 2.24) is 10.4 Å². The molecule has 0 bridgehead atoms. The van der Waals surface area contributed by atoms with Crippen LogP contribution in [0.1, 0.15) is 11.4 Å². The molecular formula is C8H11N3. The Labute approximate surface area is 66.2 Å². The van der Waals surface area contributed by atoms with Crippen LogP contribution < -0.4 is 5.43 Å². The number of hydrogen-bond donors (Lipinski definition) is 1. The van der Waals surface area contributed by atoms with Gasteiger partial charge in [0.15, 0.2) is 0 Å². The first kappa shape index (κ1) is 7.72. The van der Waals surface area contributed by atoms with E-state index in [1.807, 2.05) is 25.1 Å². The predicted molar refractivity (Wildman–Crippen MR) is 45.6 cm³/mol. The quantitative estimate of drug-likeness (QED) is 0.502. The normalized spacial score (nSPS) is 10.4. The van der Waals surface area contributed by atoms with E-state index in [-0.39, 0.29) is 0 Å². The maximum Gasteiger partial charge on any atom is 0.0833 e. The summed E-state index contributed by atoms with van der Waals surface area (Å²) >= 11 is 0. The second kappa shape index (κ2) is 3.71. The number of pyridine rings is 1. The van der Waals surface area contributed by atoms with Crippen molar-refractivity contribution in [2.75, 3.05) is 7.05 Å². The fraction of sp³-hybridized carbons (Fsp3) is 0.250. The van der Waals surface area contributed by atoms with Gasteiger partial charge in [-0.15, -0.1) is 0 Å². The number of rotatable bonds is 2. The molecule has 0 atom stereocenters. The van der Waals surface area contributed by atoms with Crippen molar-refractivity contribution in [2.45, 2.75) is 6.92 Å². The van der Waals surface area contributed by atoms with E-state index in [1.54, 1.807) is 13.3 Å². The molecule has 0 unspecified atom stereocenters. The third kappa shape index (κ3) is 2.37. The lowest BCUT2D eigenvalue weighted by atomic mass is 10.3. The predicted octanol–water partition coefficient (Wildman–Crippen LogP) is 0.943. The topological polar surface area (TPSA) is 37.3 Å². The lowest BCUT2D eigenvalue weighted by Gasteiger charge is -1.93. The van der Waals surface area contributed by atoms with Crippen molar-refractivity contribution < 1.29 is 0 Å². The molecule has 0 fully saturated rings. The lowest BCUT2D eigenvalue weighted by molar-refractivity contribution is 0.906. The van der Waals surface area contributed by atoms with E-state index < -0.39 is 0 Å². The molecule has 1 aromatic rings. The number of aromatic nitrogens is 1. The van der Waals surface area contributed by atoms with E-state index in [1.165, 1.54) is 0 Å². The van der Waals surface area contributed by atoms with Crippen LogP contribution in [0.2, 0.25) is 0 Å². The average molecular weight is 149 g/mol. The highest BCUT2D eigenvalue weighted by molar-refractivity contribution is 5.76. The van der Waals surface area contributed by atoms with Gasteiger partial charge in [-0.1, -0.05) is 6.07 Å². The largest absolute Gasteiger partial charge is 0.313 e. The molecule has 0 spiro atoms. The smallest absolute Gasteiger partial charge is 0.0833 e. The van der Waals surface area contributed by atoms with Crippen molar-refractivity contribution in [3.63, 3.8) is 0 Å². The van der Waals surface area contributed by atoms with E-state index in [0.717, 1.165) is 11.4 Å². The minimum absolute atomic E-state index is 0.874. The van der Waals surface area contributed by atoms with Gasteiger partial charge in [0.1, 0.15) is 0 Å². The number of hydrazone groups is 1. The molecule has 11 heavy (non-hydrogen) atoms. The monoisotopic (exact) mass is 149 g/mol. The number of nitrogens with zero attached hydrogens (tertiary/aromatic N) is 2. The van der Waals surface area contributed by atoms with Crippen molar-refractivity contribution in [3.8, 4) is 0 Å². The zero-order valence-electron chi connectivity index (χ0n) is 6.70. The average Bonchev–Trinajstić information content (AvgIpc) is 2.01. The summed E-state index contributed by atoms with van der Waals surface area (Å²) in [6, 6.07) is 5.82. The number of nitrogens with one attached hydrogen (secondary N) is 1. The Morgan fingerprint density at radius 3 is 3.00 bits per heavy atom. The summed E-state index contributed by atoms with van der Waals surface area (Å²) in [4.78, 5) is 4.22. The Morgan fingerprint density at radius 2 is 2.36 bits per heavy atom. The zero-order valence-corrected chi connectivity index (χ0v) is 6.70. The Balaban J connectivity index is 2.79. The summed E-state index contributed by atoms with van der Waals surface area (Å²) in [5.74, 6) is 0. The minimum atomic E-state index is 0.874. The van der Waals surface area contributed by atoms with Crippen LogP contribution in [0.5, 0.6) is 0 Å². The number of hydrogen-bond acceptors (Lipinski definition) is 3. The second-order valence-electron chi connectivity index (χ2n) is 2.19. The summed E-state index contributed by atoms with van der Waals surface area (Å²) < 4.78 is 0. The molecule has 3 nitrogen and oxygen atoms in total. The Hall–Kier alpha value is -1.38. The van der Waals surface area contributed by atoms with E-state index in [9.17, 15) is 0 Å². The van der Waals surface area contributed by atoms with Gasteiger partial charge in [-0.05, 0) is 19.1 Å². The van der Waals surface area contributed by atoms with Crippen molar-refractivity contribution >= 4 is 6.21 Å². The van der Waals surface area contributed by atoms with Gasteiger partial charge in [-0.2, -0.15) is 5.10 Å². The summed E-state index contributed by atoms with van der Waals surface area (Å²) in [5.41, 5.74) is 4.54. The van der Waals surface area contributed by atoms with E-state index >= 15 is 0 Å². The highest BCUT2D eigenvalue weighted by Gasteiger charge is 1.87. The Bertz CT molecular complexity index is 255. The van der Waals surface area contributed by atoms with E-state index in [4.69, 9.17) is 0 Å². The summed E-state index contributed by atoms with van der Waals surface area (Å²) in [6.45, 7) is 1.96. The molecule has 0 aliphatic rings. The van der Waals surface area contributed by atoms with Crippen molar-refractivity contribution in [2.24, 2.45) is 5.10 Å². The Morgan fingerprint density at radius 1 is 1.55 bits per heavy atom. The van der Waals surface area contributed by atoms with Crippen LogP contribution in [-0.2, 0) is 0 Å². The Kier molecular flexibility index (Phi) is 2.60. The molecule has 0 saturated heterocycles. The fourth-order valence-electron chi connectivity index (χ4n) is 0.767. The highest BCUT2D eigenvalue weighted by atomic mass is 15.3. The van der Waals surface area contributed by atoms with Crippen LogP contribution in [-0.4, -0.2) is 18.2 Å². The molecule has 58 valence electrons. The van der Waals surface area contributed by atoms with E-state index in [0.29, 0.717) is 0 Å². The molecule has 1 rings (SSSR count). The van der Waals surface area contributed by atoms with Gasteiger partial charge in [0.2, 0.25) is 0 Å². The molecule has 0 aromatic carbocycles. The molecular weight excluding hydrogens is 138 g/mol. The number of aryl methyl sites for hydroxylation is 1. The van der Waals surface area contributed by atoms with Crippen LogP contribution in [0.3, 0.4) is 0 Å². The summed E-state index contributed by atoms with van der Waals surface area (Å²) in [6.07, 6.45) is 1.69. The van der Waals surface area contributed by atoms with E-state index in [2.05, 4.69) is 15.5 Å². The fourth-order valence-corrected chi connectivity index (χ4v) is 0.767. The molecule has 0 amide bonds. The molecule has 0 aliphatic carbocycles. The first-order chi connectivity index (χ1) is 5.33. The van der Waals surface area contributed by atoms with Gasteiger partial charge in [-0.25, -0.2) is 0 Å². The second-order valence-corrected chi connectivity index (χ2v) is 2.19. The van der Waals surface area contributed by atoms with Crippen LogP contribution in [0.4, 0.5) is 0 Å². The van der Waals surface area contributed by atoms with Gasteiger partial charge < -0.3 is 5.43 Å². The van der Waals surface area contributed by atoms with Gasteiger partial charge >= 0.3 is 0 Å². The van der Waals surface area contributed by atoms with Gasteiger partial charge in [0.05, 0.1) is 11.9 Å². The molecule has 1 heterocycles. The first-order valence-electron chi connectivity index (χ1n) is 3.46. The van der Waals surface area contributed by atoms with Crippen LogP contribution in [0.15, 0.2) is 23.3 Å². The molecule has 0 radical (unpaired) electrons. The zero-order chi connectivity index (χ0) is 8.10. The molecule has 1 aromatic heterocycles. The summed E-state index contributed by atoms with van der Waals surface area (Å²) in [7, 11) is 1.76. The van der Waals surface area contributed by atoms with Crippen molar-refractivity contribution in [3.05, 3.63) is 29.6 Å². The third-order valence-electron chi connectivity index (χ3n) is 1.24. The molecule has 3 heteroatoms. The standard InChI is InChI=1S/C8H11N3/c1-7-4-3-5-8(11-7)6-10-9-2/h3-6,9H,1-2H3/b10-6+. The maximum absolute atomic E-state index is 4.22. The lowest BCUT2D eigenvalue weighted by Crippen LogP contribution is -1.96. The summed E-state index contributed by atoms with van der Waals surface area (Å²) in [5, 5.41) is 3.85. The molecule has 0 saturated carbocycles. The van der Waals surface area contributed by atoms with Gasteiger partial charge in [-0.3, -0.25) is 4.98 Å². The third-order valence-corrected chi connectivity index (χ3v) is 1.24. The first-order valence-corrected chi connectivity index (χ1v) is 3.46. The van der Waals surface area contributed by atoms with Crippen molar-refractivity contribution in [1.29, 1.82) is 0 Å². The highest BCUT2D eigenvalue weighted by Crippen LogP contribution is 1.93. The van der Waals surface area contributed by atoms with Gasteiger partial charge in [0, 0.05) is 12.7 Å². The van der Waals surface area contributed by atoms with Gasteiger partial charge in [0.25, 0.3) is 0 Å².